The van der Waals surface area contributed by atoms with Crippen LogP contribution < -0.4 is 0 Å². The lowest BCUT2D eigenvalue weighted by Crippen LogP contribution is -2.43. The largest absolute Gasteiger partial charge is 0.378 e. The minimum absolute atomic E-state index is 0.0464. The van der Waals surface area contributed by atoms with Gasteiger partial charge in [-0.3, -0.25) is 9.59 Å². The van der Waals surface area contributed by atoms with E-state index in [0.29, 0.717) is 58.2 Å². The van der Waals surface area contributed by atoms with Crippen molar-refractivity contribution < 1.29 is 19.1 Å². The summed E-state index contributed by atoms with van der Waals surface area (Å²) in [5.74, 6) is -0.181. The molecule has 6 nitrogen and oxygen atoms in total. The maximum Gasteiger partial charge on any atom is 0.249 e. The molecule has 6 heteroatoms. The highest BCUT2D eigenvalue weighted by Gasteiger charge is 2.23. The fourth-order valence-corrected chi connectivity index (χ4v) is 2.17. The lowest BCUT2D eigenvalue weighted by Gasteiger charge is -2.29. The van der Waals surface area contributed by atoms with Crippen LogP contribution in [0.2, 0.25) is 0 Å². The molecule has 0 radical (unpaired) electrons. The Labute approximate surface area is 112 Å². The molecule has 2 fully saturated rings. The van der Waals surface area contributed by atoms with E-state index < -0.39 is 0 Å². The fourth-order valence-electron chi connectivity index (χ4n) is 2.17. The molecule has 0 N–H and O–H groups in total. The molecule has 0 aromatic heterocycles. The van der Waals surface area contributed by atoms with E-state index in [-0.39, 0.29) is 18.2 Å². The van der Waals surface area contributed by atoms with Crippen LogP contribution in [0, 0.1) is 0 Å². The quantitative estimate of drug-likeness (QED) is 0.657. The number of nitrogens with zero attached hydrogens (tertiary/aromatic N) is 2. The molecule has 0 aromatic rings. The average molecular weight is 268 g/mol. The molecule has 2 heterocycles. The minimum atomic E-state index is -0.134. The summed E-state index contributed by atoms with van der Waals surface area (Å²) in [6.45, 7) is 8.32. The molecular weight excluding hydrogens is 248 g/mol. The van der Waals surface area contributed by atoms with Gasteiger partial charge in [0.05, 0.1) is 32.8 Å². The first-order valence-electron chi connectivity index (χ1n) is 6.59. The van der Waals surface area contributed by atoms with E-state index in [4.69, 9.17) is 9.47 Å². The highest BCUT2D eigenvalue weighted by molar-refractivity contribution is 5.98. The van der Waals surface area contributed by atoms with Gasteiger partial charge in [-0.2, -0.15) is 0 Å². The fraction of sp³-hybridized carbons (Fsp3) is 0.692. The second kappa shape index (κ2) is 6.68. The standard InChI is InChI=1S/C13H20N2O4/c1-11(13(17)15-4-8-19-9-5-15)10-12(16)14-2-6-18-7-3-14/h1-10H2. The highest BCUT2D eigenvalue weighted by Crippen LogP contribution is 2.10. The third-order valence-corrected chi connectivity index (χ3v) is 3.33. The van der Waals surface area contributed by atoms with Gasteiger partial charge in [-0.15, -0.1) is 0 Å². The Bertz CT molecular complexity index is 358. The maximum absolute atomic E-state index is 12.1. The summed E-state index contributed by atoms with van der Waals surface area (Å²) in [6, 6.07) is 0. The van der Waals surface area contributed by atoms with Crippen LogP contribution in [-0.2, 0) is 19.1 Å². The van der Waals surface area contributed by atoms with E-state index >= 15 is 0 Å². The van der Waals surface area contributed by atoms with Crippen LogP contribution in [0.5, 0.6) is 0 Å². The molecular formula is C13H20N2O4. The van der Waals surface area contributed by atoms with Crippen LogP contribution in [-0.4, -0.2) is 74.2 Å². The molecule has 0 spiro atoms. The first-order valence-corrected chi connectivity index (χ1v) is 6.59. The van der Waals surface area contributed by atoms with Gasteiger partial charge in [0.1, 0.15) is 0 Å². The number of ether oxygens (including phenoxy) is 2. The zero-order chi connectivity index (χ0) is 13.7. The van der Waals surface area contributed by atoms with E-state index in [1.54, 1.807) is 9.80 Å². The summed E-state index contributed by atoms with van der Waals surface area (Å²) in [7, 11) is 0. The first kappa shape index (κ1) is 14.0. The van der Waals surface area contributed by atoms with E-state index in [9.17, 15) is 9.59 Å². The van der Waals surface area contributed by atoms with Gasteiger partial charge in [-0.25, -0.2) is 0 Å². The third-order valence-electron chi connectivity index (χ3n) is 3.33. The SMILES string of the molecule is C=C(CC(=O)N1CCOCC1)C(=O)N1CCOCC1. The Morgan fingerprint density at radius 2 is 1.37 bits per heavy atom. The summed E-state index contributed by atoms with van der Waals surface area (Å²) in [5, 5.41) is 0. The molecule has 19 heavy (non-hydrogen) atoms. The van der Waals surface area contributed by atoms with Crippen LogP contribution in [0.25, 0.3) is 0 Å². The van der Waals surface area contributed by atoms with Gasteiger partial charge >= 0.3 is 0 Å². The number of amides is 2. The van der Waals surface area contributed by atoms with Crippen molar-refractivity contribution in [2.45, 2.75) is 6.42 Å². The van der Waals surface area contributed by atoms with Crippen molar-refractivity contribution in [3.8, 4) is 0 Å². The van der Waals surface area contributed by atoms with Gasteiger partial charge in [0, 0.05) is 31.8 Å². The molecule has 2 aliphatic rings. The summed E-state index contributed by atoms with van der Waals surface area (Å²) < 4.78 is 10.4. The van der Waals surface area contributed by atoms with Crippen LogP contribution >= 0.6 is 0 Å². The summed E-state index contributed by atoms with van der Waals surface area (Å²) >= 11 is 0. The predicted molar refractivity (Wildman–Crippen MR) is 68.6 cm³/mol. The smallest absolute Gasteiger partial charge is 0.249 e. The molecule has 0 bridgehead atoms. The average Bonchev–Trinajstić information content (AvgIpc) is 2.48. The second-order valence-electron chi connectivity index (χ2n) is 4.68. The monoisotopic (exact) mass is 268 g/mol. The van der Waals surface area contributed by atoms with E-state index in [0.717, 1.165) is 0 Å². The Morgan fingerprint density at radius 3 is 1.89 bits per heavy atom. The van der Waals surface area contributed by atoms with Gasteiger partial charge < -0.3 is 19.3 Å². The van der Waals surface area contributed by atoms with Gasteiger partial charge in [-0.1, -0.05) is 6.58 Å². The van der Waals surface area contributed by atoms with E-state index in [1.807, 2.05) is 0 Å². The third kappa shape index (κ3) is 3.78. The molecule has 0 aliphatic carbocycles. The van der Waals surface area contributed by atoms with Gasteiger partial charge in [0.2, 0.25) is 11.8 Å². The first-order chi connectivity index (χ1) is 9.18. The van der Waals surface area contributed by atoms with Crippen molar-refractivity contribution in [3.63, 3.8) is 0 Å². The van der Waals surface area contributed by atoms with Crippen LogP contribution in [0.1, 0.15) is 6.42 Å². The van der Waals surface area contributed by atoms with Crippen LogP contribution in [0.15, 0.2) is 12.2 Å². The molecule has 0 saturated carbocycles. The zero-order valence-electron chi connectivity index (χ0n) is 11.1. The summed E-state index contributed by atoms with van der Waals surface area (Å²) in [4.78, 5) is 27.5. The Hall–Kier alpha value is -1.40. The predicted octanol–water partition coefficient (Wildman–Crippen LogP) is -0.350. The van der Waals surface area contributed by atoms with Crippen molar-refractivity contribution in [1.82, 2.24) is 9.80 Å². The second-order valence-corrected chi connectivity index (χ2v) is 4.68. The van der Waals surface area contributed by atoms with Crippen LogP contribution in [0.3, 0.4) is 0 Å². The van der Waals surface area contributed by atoms with Gasteiger partial charge in [0.25, 0.3) is 0 Å². The number of hydrogen-bond donors (Lipinski definition) is 0. The molecule has 0 unspecified atom stereocenters. The molecule has 106 valence electrons. The van der Waals surface area contributed by atoms with Crippen LogP contribution in [0.4, 0.5) is 0 Å². The van der Waals surface area contributed by atoms with Crippen molar-refractivity contribution in [1.29, 1.82) is 0 Å². The number of carbonyl (C=O) groups is 2. The van der Waals surface area contributed by atoms with Crippen molar-refractivity contribution >= 4 is 11.8 Å². The number of rotatable bonds is 3. The number of carbonyl (C=O) groups excluding carboxylic acids is 2. The lowest BCUT2D eigenvalue weighted by molar-refractivity contribution is -0.137. The summed E-state index contributed by atoms with van der Waals surface area (Å²) in [5.41, 5.74) is 0.360. The minimum Gasteiger partial charge on any atom is -0.378 e. The normalized spacial score (nSPS) is 20.2. The topological polar surface area (TPSA) is 59.1 Å². The maximum atomic E-state index is 12.1. The zero-order valence-corrected chi connectivity index (χ0v) is 11.1. The van der Waals surface area contributed by atoms with E-state index in [1.165, 1.54) is 0 Å². The van der Waals surface area contributed by atoms with E-state index in [2.05, 4.69) is 6.58 Å². The number of hydrogen-bond acceptors (Lipinski definition) is 4. The molecule has 0 atom stereocenters. The van der Waals surface area contributed by atoms with Crippen molar-refractivity contribution in [3.05, 3.63) is 12.2 Å². The van der Waals surface area contributed by atoms with Gasteiger partial charge in [-0.05, 0) is 0 Å². The van der Waals surface area contributed by atoms with Crippen molar-refractivity contribution in [2.75, 3.05) is 52.6 Å². The van der Waals surface area contributed by atoms with Crippen molar-refractivity contribution in [2.24, 2.45) is 0 Å². The Morgan fingerprint density at radius 1 is 0.895 bits per heavy atom. The molecule has 2 rings (SSSR count). The Kier molecular flexibility index (Phi) is 4.93. The molecule has 2 amide bonds. The molecule has 0 aromatic carbocycles. The summed E-state index contributed by atoms with van der Waals surface area (Å²) in [6.07, 6.45) is 0.0934. The lowest BCUT2D eigenvalue weighted by atomic mass is 10.1. The molecule has 2 aliphatic heterocycles. The highest BCUT2D eigenvalue weighted by atomic mass is 16.5. The Balaban J connectivity index is 1.82. The van der Waals surface area contributed by atoms with Gasteiger partial charge in [0.15, 0.2) is 0 Å². The number of morpholine rings is 2. The molecule has 2 saturated heterocycles.